The Morgan fingerprint density at radius 2 is 1.72 bits per heavy atom. The average molecular weight is 383 g/mol. The predicted octanol–water partition coefficient (Wildman–Crippen LogP) is 4.15. The Labute approximate surface area is 165 Å². The molecule has 3 aromatic rings. The lowest BCUT2D eigenvalue weighted by Crippen LogP contribution is -2.08. The summed E-state index contributed by atoms with van der Waals surface area (Å²) in [5, 5.41) is 5.34. The molecule has 2 aliphatic carbocycles. The Hall–Kier alpha value is -3.93. The number of fused-ring (bicyclic) bond motifs is 4. The number of esters is 1. The molecule has 0 saturated heterocycles. The van der Waals surface area contributed by atoms with E-state index in [4.69, 9.17) is 4.74 Å². The van der Waals surface area contributed by atoms with Crippen LogP contribution in [0.1, 0.15) is 17.3 Å². The van der Waals surface area contributed by atoms with Gasteiger partial charge in [0.05, 0.1) is 40.3 Å². The van der Waals surface area contributed by atoms with Crippen LogP contribution in [0.25, 0.3) is 38.8 Å². The van der Waals surface area contributed by atoms with E-state index >= 15 is 0 Å². The third-order valence-electron chi connectivity index (χ3n) is 5.04. The molecule has 142 valence electrons. The van der Waals surface area contributed by atoms with E-state index < -0.39 is 5.97 Å². The van der Waals surface area contributed by atoms with Gasteiger partial charge in [-0.05, 0) is 30.2 Å². The zero-order valence-electron chi connectivity index (χ0n) is 15.7. The van der Waals surface area contributed by atoms with Gasteiger partial charge in [-0.1, -0.05) is 48.5 Å². The molecule has 0 atom stereocenters. The van der Waals surface area contributed by atoms with E-state index in [9.17, 15) is 9.59 Å². The number of H-pyrrole nitrogens is 1. The van der Waals surface area contributed by atoms with Crippen LogP contribution in [0.4, 0.5) is 0 Å². The lowest BCUT2D eigenvalue weighted by Gasteiger charge is -2.05. The number of benzene rings is 1. The molecule has 0 spiro atoms. The normalized spacial score (nSPS) is 11.3. The second-order valence-corrected chi connectivity index (χ2v) is 6.69. The van der Waals surface area contributed by atoms with Crippen LogP contribution in [0, 0.1) is 0 Å². The van der Waals surface area contributed by atoms with Crippen LogP contribution in [0.3, 0.4) is 0 Å². The SMILES string of the molecule is CCOC(=O)c1c2cccccc-2c2c(=O)c3cnn(-c4ccccc4)c3[nH]c12. The summed E-state index contributed by atoms with van der Waals surface area (Å²) in [4.78, 5) is 29.5. The van der Waals surface area contributed by atoms with E-state index in [0.29, 0.717) is 38.6 Å². The first kappa shape index (κ1) is 17.2. The van der Waals surface area contributed by atoms with Gasteiger partial charge in [-0.3, -0.25) is 4.79 Å². The van der Waals surface area contributed by atoms with Crippen LogP contribution in [-0.4, -0.2) is 27.3 Å². The van der Waals surface area contributed by atoms with Crippen LogP contribution in [0.2, 0.25) is 0 Å². The van der Waals surface area contributed by atoms with Gasteiger partial charge in [0.1, 0.15) is 5.65 Å². The molecule has 5 rings (SSSR count). The number of nitrogens with one attached hydrogen (secondary N) is 1. The van der Waals surface area contributed by atoms with Crippen molar-refractivity contribution in [3.63, 3.8) is 0 Å². The van der Waals surface area contributed by atoms with Crippen molar-refractivity contribution in [2.24, 2.45) is 0 Å². The number of hydrogen-bond acceptors (Lipinski definition) is 4. The molecule has 2 aliphatic rings. The molecule has 0 radical (unpaired) electrons. The number of aromatic nitrogens is 3. The van der Waals surface area contributed by atoms with E-state index in [1.54, 1.807) is 17.8 Å². The van der Waals surface area contributed by atoms with Gasteiger partial charge >= 0.3 is 5.97 Å². The van der Waals surface area contributed by atoms with Gasteiger partial charge in [0.2, 0.25) is 5.43 Å². The molecule has 1 N–H and O–H groups in total. The van der Waals surface area contributed by atoms with Gasteiger partial charge in [0.15, 0.2) is 0 Å². The fourth-order valence-corrected chi connectivity index (χ4v) is 3.81. The van der Waals surface area contributed by atoms with Crippen LogP contribution in [0.15, 0.2) is 71.7 Å². The largest absolute Gasteiger partial charge is 0.462 e. The second-order valence-electron chi connectivity index (χ2n) is 6.69. The highest BCUT2D eigenvalue weighted by molar-refractivity contribution is 6.18. The predicted molar refractivity (Wildman–Crippen MR) is 112 cm³/mol. The van der Waals surface area contributed by atoms with Crippen molar-refractivity contribution >= 4 is 27.9 Å². The van der Waals surface area contributed by atoms with Crippen molar-refractivity contribution < 1.29 is 9.53 Å². The highest BCUT2D eigenvalue weighted by Gasteiger charge is 2.27. The second kappa shape index (κ2) is 6.60. The van der Waals surface area contributed by atoms with E-state index in [1.165, 1.54) is 0 Å². The molecule has 0 bridgehead atoms. The Morgan fingerprint density at radius 3 is 2.45 bits per heavy atom. The maximum absolute atomic E-state index is 13.4. The number of hydrogen-bond donors (Lipinski definition) is 1. The molecular weight excluding hydrogens is 366 g/mol. The van der Waals surface area contributed by atoms with Crippen molar-refractivity contribution in [2.45, 2.75) is 6.92 Å². The van der Waals surface area contributed by atoms with Gasteiger partial charge in [-0.25, -0.2) is 9.48 Å². The molecule has 2 heterocycles. The molecule has 2 aromatic heterocycles. The number of para-hydroxylation sites is 1. The highest BCUT2D eigenvalue weighted by Crippen LogP contribution is 2.37. The summed E-state index contributed by atoms with van der Waals surface area (Å²) in [6.07, 6.45) is 1.56. The van der Waals surface area contributed by atoms with Gasteiger partial charge in [-0.2, -0.15) is 5.10 Å². The molecule has 0 saturated carbocycles. The third kappa shape index (κ3) is 2.53. The topological polar surface area (TPSA) is 77.0 Å². The van der Waals surface area contributed by atoms with Crippen molar-refractivity contribution in [3.05, 3.63) is 82.6 Å². The van der Waals surface area contributed by atoms with Gasteiger partial charge in [0.25, 0.3) is 0 Å². The molecule has 6 nitrogen and oxygen atoms in total. The molecule has 0 fully saturated rings. The first-order valence-corrected chi connectivity index (χ1v) is 9.37. The summed E-state index contributed by atoms with van der Waals surface area (Å²) in [6, 6.07) is 18.8. The average Bonchev–Trinajstić information content (AvgIpc) is 3.20. The first-order chi connectivity index (χ1) is 14.2. The van der Waals surface area contributed by atoms with Gasteiger partial charge in [-0.15, -0.1) is 0 Å². The summed E-state index contributed by atoms with van der Waals surface area (Å²) < 4.78 is 6.97. The fourth-order valence-electron chi connectivity index (χ4n) is 3.81. The standard InChI is InChI=1S/C23H17N3O3/c1-2-29-23(28)19-16-12-8-4-7-11-15(16)18-20(19)25-22-17(21(18)27)13-24-26(22)14-9-5-3-6-10-14/h3-13H,2H2,1H3,(H,25,27). The summed E-state index contributed by atoms with van der Waals surface area (Å²) in [5.41, 5.74) is 3.43. The minimum Gasteiger partial charge on any atom is -0.462 e. The monoisotopic (exact) mass is 383 g/mol. The number of ether oxygens (including phenoxy) is 1. The number of aromatic amines is 1. The molecule has 0 amide bonds. The summed E-state index contributed by atoms with van der Waals surface area (Å²) >= 11 is 0. The third-order valence-corrected chi connectivity index (χ3v) is 5.04. The van der Waals surface area contributed by atoms with Crippen molar-refractivity contribution in [1.29, 1.82) is 0 Å². The Morgan fingerprint density at radius 1 is 1.03 bits per heavy atom. The zero-order chi connectivity index (χ0) is 20.0. The number of rotatable bonds is 3. The van der Waals surface area contributed by atoms with Gasteiger partial charge < -0.3 is 9.72 Å². The Kier molecular flexibility index (Phi) is 3.91. The highest BCUT2D eigenvalue weighted by atomic mass is 16.5. The minimum absolute atomic E-state index is 0.164. The van der Waals surface area contributed by atoms with Crippen molar-refractivity contribution in [1.82, 2.24) is 14.8 Å². The quantitative estimate of drug-likeness (QED) is 0.475. The van der Waals surface area contributed by atoms with E-state index in [2.05, 4.69) is 10.1 Å². The molecule has 0 unspecified atom stereocenters. The van der Waals surface area contributed by atoms with E-state index in [0.717, 1.165) is 5.69 Å². The van der Waals surface area contributed by atoms with Crippen LogP contribution >= 0.6 is 0 Å². The maximum Gasteiger partial charge on any atom is 0.340 e. The molecule has 1 aromatic carbocycles. The molecular formula is C23H17N3O3. The van der Waals surface area contributed by atoms with E-state index in [1.807, 2.05) is 60.7 Å². The Balaban J connectivity index is 1.94. The fraction of sp³-hybridized carbons (Fsp3) is 0.0870. The Bertz CT molecular complexity index is 1400. The number of carbonyl (C=O) groups is 1. The van der Waals surface area contributed by atoms with Crippen molar-refractivity contribution in [2.75, 3.05) is 6.61 Å². The molecule has 6 heteroatoms. The lowest BCUT2D eigenvalue weighted by molar-refractivity contribution is 0.0529. The van der Waals surface area contributed by atoms with E-state index in [-0.39, 0.29) is 12.0 Å². The summed E-state index contributed by atoms with van der Waals surface area (Å²) in [7, 11) is 0. The smallest absolute Gasteiger partial charge is 0.340 e. The van der Waals surface area contributed by atoms with Crippen LogP contribution in [-0.2, 0) is 4.74 Å². The minimum atomic E-state index is -0.459. The number of pyridine rings is 1. The lowest BCUT2D eigenvalue weighted by atomic mass is 10.1. The molecule has 29 heavy (non-hydrogen) atoms. The zero-order valence-corrected chi connectivity index (χ0v) is 15.7. The first-order valence-electron chi connectivity index (χ1n) is 9.37. The van der Waals surface area contributed by atoms with Gasteiger partial charge in [0, 0.05) is 0 Å². The van der Waals surface area contributed by atoms with Crippen LogP contribution in [0.5, 0.6) is 0 Å². The maximum atomic E-state index is 13.4. The summed E-state index contributed by atoms with van der Waals surface area (Å²) in [6.45, 7) is 2.01. The summed E-state index contributed by atoms with van der Waals surface area (Å²) in [5.74, 6) is -0.459. The number of nitrogens with zero attached hydrogens (tertiary/aromatic N) is 2. The van der Waals surface area contributed by atoms with Crippen LogP contribution < -0.4 is 5.43 Å². The molecule has 0 aliphatic heterocycles. The van der Waals surface area contributed by atoms with Crippen molar-refractivity contribution in [3.8, 4) is 16.8 Å². The number of carbonyl (C=O) groups excluding carboxylic acids is 1.